The van der Waals surface area contributed by atoms with Gasteiger partial charge in [-0.2, -0.15) is 0 Å². The van der Waals surface area contributed by atoms with E-state index < -0.39 is 6.16 Å². The minimum absolute atomic E-state index is 0.163. The first-order chi connectivity index (χ1) is 15.4. The molecule has 8 heteroatoms. The zero-order valence-electron chi connectivity index (χ0n) is 17.3. The summed E-state index contributed by atoms with van der Waals surface area (Å²) in [6.45, 7) is 1.89. The molecule has 3 aromatic carbocycles. The number of carbonyl (C=O) groups excluding carboxylic acids is 3. The highest BCUT2D eigenvalue weighted by atomic mass is 79.9. The maximum atomic E-state index is 12.5. The fourth-order valence-electron chi connectivity index (χ4n) is 2.83. The molecule has 0 atom stereocenters. The third-order valence-corrected chi connectivity index (χ3v) is 4.73. The summed E-state index contributed by atoms with van der Waals surface area (Å²) >= 11 is 3.39. The number of amides is 2. The Morgan fingerprint density at radius 2 is 1.56 bits per heavy atom. The van der Waals surface area contributed by atoms with Gasteiger partial charge in [0.1, 0.15) is 5.75 Å². The maximum Gasteiger partial charge on any atom is 0.513 e. The molecule has 0 spiro atoms. The standard InChI is InChI=1S/C24H21BrN2O5/c1-2-31-24(30)32-21-11-9-17(10-12-21)23(29)27-20-8-4-7-19(15-20)26-22(28)14-16-5-3-6-18(25)13-16/h3-13,15H,2,14H2,1H3,(H,26,28)(H,27,29). The lowest BCUT2D eigenvalue weighted by molar-refractivity contribution is -0.115. The van der Waals surface area contributed by atoms with E-state index in [1.54, 1.807) is 31.2 Å². The average Bonchev–Trinajstić information content (AvgIpc) is 2.74. The van der Waals surface area contributed by atoms with Crippen LogP contribution in [-0.4, -0.2) is 24.6 Å². The van der Waals surface area contributed by atoms with Crippen LogP contribution in [0.15, 0.2) is 77.3 Å². The van der Waals surface area contributed by atoms with Crippen molar-refractivity contribution in [3.8, 4) is 5.75 Å². The van der Waals surface area contributed by atoms with Crippen LogP contribution in [-0.2, 0) is 16.0 Å². The molecule has 0 aliphatic rings. The summed E-state index contributed by atoms with van der Waals surface area (Å²) in [5.41, 5.74) is 2.37. The van der Waals surface area contributed by atoms with Crippen LogP contribution in [0.25, 0.3) is 0 Å². The van der Waals surface area contributed by atoms with Gasteiger partial charge in [-0.3, -0.25) is 9.59 Å². The lowest BCUT2D eigenvalue weighted by Gasteiger charge is -2.10. The van der Waals surface area contributed by atoms with E-state index in [4.69, 9.17) is 9.47 Å². The normalized spacial score (nSPS) is 10.2. The predicted molar refractivity (Wildman–Crippen MR) is 125 cm³/mol. The third-order valence-electron chi connectivity index (χ3n) is 4.24. The third kappa shape index (κ3) is 6.95. The first kappa shape index (κ1) is 23.0. The summed E-state index contributed by atoms with van der Waals surface area (Å²) in [6, 6.07) is 20.5. The Kier molecular flexibility index (Phi) is 7.99. The summed E-state index contributed by atoms with van der Waals surface area (Å²) in [6.07, 6.45) is -0.570. The van der Waals surface area contributed by atoms with Gasteiger partial charge in [-0.15, -0.1) is 0 Å². The van der Waals surface area contributed by atoms with E-state index in [1.165, 1.54) is 24.3 Å². The fraction of sp³-hybridized carbons (Fsp3) is 0.125. The Bertz CT molecular complexity index is 1120. The van der Waals surface area contributed by atoms with Gasteiger partial charge in [-0.1, -0.05) is 34.1 Å². The molecular weight excluding hydrogens is 476 g/mol. The summed E-state index contributed by atoms with van der Waals surface area (Å²) in [5, 5.41) is 5.61. The van der Waals surface area contributed by atoms with Crippen molar-refractivity contribution in [1.29, 1.82) is 0 Å². The number of hydrogen-bond acceptors (Lipinski definition) is 5. The SMILES string of the molecule is CCOC(=O)Oc1ccc(C(=O)Nc2cccc(NC(=O)Cc3cccc(Br)c3)c2)cc1. The van der Waals surface area contributed by atoms with Gasteiger partial charge < -0.3 is 20.1 Å². The molecule has 0 bridgehead atoms. The zero-order valence-corrected chi connectivity index (χ0v) is 18.8. The smallest absolute Gasteiger partial charge is 0.434 e. The highest BCUT2D eigenvalue weighted by Gasteiger charge is 2.10. The molecule has 0 aromatic heterocycles. The Morgan fingerprint density at radius 3 is 2.25 bits per heavy atom. The van der Waals surface area contributed by atoms with Crippen LogP contribution in [0.3, 0.4) is 0 Å². The van der Waals surface area contributed by atoms with Gasteiger partial charge in [-0.05, 0) is 67.1 Å². The topological polar surface area (TPSA) is 93.7 Å². The first-order valence-electron chi connectivity index (χ1n) is 9.83. The highest BCUT2D eigenvalue weighted by molar-refractivity contribution is 9.10. The van der Waals surface area contributed by atoms with Crippen molar-refractivity contribution in [1.82, 2.24) is 0 Å². The number of hydrogen-bond donors (Lipinski definition) is 2. The average molecular weight is 497 g/mol. The number of nitrogens with one attached hydrogen (secondary N) is 2. The van der Waals surface area contributed by atoms with Crippen LogP contribution in [0.5, 0.6) is 5.75 Å². The van der Waals surface area contributed by atoms with Crippen molar-refractivity contribution in [2.45, 2.75) is 13.3 Å². The number of halogens is 1. The van der Waals surface area contributed by atoms with Gasteiger partial charge in [0, 0.05) is 21.4 Å². The van der Waals surface area contributed by atoms with Crippen LogP contribution in [0, 0.1) is 0 Å². The molecule has 7 nitrogen and oxygen atoms in total. The Balaban J connectivity index is 1.58. The molecule has 3 rings (SSSR count). The molecule has 0 saturated carbocycles. The first-order valence-corrected chi connectivity index (χ1v) is 10.6. The Labute approximate surface area is 193 Å². The van der Waals surface area contributed by atoms with E-state index in [-0.39, 0.29) is 30.6 Å². The monoisotopic (exact) mass is 496 g/mol. The molecule has 0 aliphatic heterocycles. The molecule has 0 unspecified atom stereocenters. The molecule has 0 fully saturated rings. The lowest BCUT2D eigenvalue weighted by atomic mass is 10.1. The fourth-order valence-corrected chi connectivity index (χ4v) is 3.28. The molecule has 0 radical (unpaired) electrons. The van der Waals surface area contributed by atoms with E-state index in [1.807, 2.05) is 24.3 Å². The molecule has 2 N–H and O–H groups in total. The van der Waals surface area contributed by atoms with Crippen LogP contribution in [0.4, 0.5) is 16.2 Å². The van der Waals surface area contributed by atoms with Crippen LogP contribution >= 0.6 is 15.9 Å². The predicted octanol–water partition coefficient (Wildman–Crippen LogP) is 5.42. The van der Waals surface area contributed by atoms with Crippen LogP contribution < -0.4 is 15.4 Å². The van der Waals surface area contributed by atoms with E-state index in [9.17, 15) is 14.4 Å². The molecule has 164 valence electrons. The summed E-state index contributed by atoms with van der Waals surface area (Å²) in [5.74, 6) is -0.232. The Hall–Kier alpha value is -3.65. The summed E-state index contributed by atoms with van der Waals surface area (Å²) in [7, 11) is 0. The van der Waals surface area contributed by atoms with Gasteiger partial charge in [0.2, 0.25) is 5.91 Å². The van der Waals surface area contributed by atoms with E-state index in [0.717, 1.165) is 10.0 Å². The molecule has 3 aromatic rings. The molecule has 0 heterocycles. The molecule has 2 amide bonds. The zero-order chi connectivity index (χ0) is 22.9. The second-order valence-electron chi connectivity index (χ2n) is 6.70. The number of carbonyl (C=O) groups is 3. The largest absolute Gasteiger partial charge is 0.513 e. The van der Waals surface area contributed by atoms with Gasteiger partial charge in [-0.25, -0.2) is 4.79 Å². The van der Waals surface area contributed by atoms with E-state index in [2.05, 4.69) is 26.6 Å². The highest BCUT2D eigenvalue weighted by Crippen LogP contribution is 2.19. The van der Waals surface area contributed by atoms with Crippen molar-refractivity contribution in [2.24, 2.45) is 0 Å². The maximum absolute atomic E-state index is 12.5. The second-order valence-corrected chi connectivity index (χ2v) is 7.61. The molecule has 0 saturated heterocycles. The minimum atomic E-state index is -0.802. The summed E-state index contributed by atoms with van der Waals surface area (Å²) in [4.78, 5) is 36.2. The number of rotatable bonds is 7. The van der Waals surface area contributed by atoms with Gasteiger partial charge in [0.25, 0.3) is 5.91 Å². The molecule has 0 aliphatic carbocycles. The van der Waals surface area contributed by atoms with E-state index >= 15 is 0 Å². The van der Waals surface area contributed by atoms with E-state index in [0.29, 0.717) is 16.9 Å². The number of anilines is 2. The molecule has 32 heavy (non-hydrogen) atoms. The van der Waals surface area contributed by atoms with Gasteiger partial charge in [0.15, 0.2) is 0 Å². The quantitative estimate of drug-likeness (QED) is 0.336. The van der Waals surface area contributed by atoms with Crippen molar-refractivity contribution in [3.63, 3.8) is 0 Å². The summed E-state index contributed by atoms with van der Waals surface area (Å²) < 4.78 is 10.6. The molecular formula is C24H21BrN2O5. The lowest BCUT2D eigenvalue weighted by Crippen LogP contribution is -2.15. The number of benzene rings is 3. The van der Waals surface area contributed by atoms with Crippen LogP contribution in [0.1, 0.15) is 22.8 Å². The van der Waals surface area contributed by atoms with Gasteiger partial charge >= 0.3 is 6.16 Å². The minimum Gasteiger partial charge on any atom is -0.434 e. The van der Waals surface area contributed by atoms with Crippen molar-refractivity contribution in [3.05, 3.63) is 88.4 Å². The van der Waals surface area contributed by atoms with Gasteiger partial charge in [0.05, 0.1) is 13.0 Å². The Morgan fingerprint density at radius 1 is 0.875 bits per heavy atom. The second kappa shape index (κ2) is 11.1. The van der Waals surface area contributed by atoms with Crippen molar-refractivity contribution < 1.29 is 23.9 Å². The van der Waals surface area contributed by atoms with Crippen molar-refractivity contribution >= 4 is 45.3 Å². The number of ether oxygens (including phenoxy) is 2. The van der Waals surface area contributed by atoms with Crippen molar-refractivity contribution in [2.75, 3.05) is 17.2 Å². The van der Waals surface area contributed by atoms with Crippen LogP contribution in [0.2, 0.25) is 0 Å².